The van der Waals surface area contributed by atoms with Gasteiger partial charge < -0.3 is 5.32 Å². The zero-order chi connectivity index (χ0) is 17.0. The lowest BCUT2D eigenvalue weighted by Gasteiger charge is -2.28. The molecule has 5 nitrogen and oxygen atoms in total. The molecule has 3 aromatic rings. The third kappa shape index (κ3) is 3.36. The van der Waals surface area contributed by atoms with Crippen LogP contribution in [0.1, 0.15) is 37.2 Å². The quantitative estimate of drug-likeness (QED) is 0.756. The molecule has 0 saturated heterocycles. The van der Waals surface area contributed by atoms with E-state index in [1.807, 2.05) is 22.9 Å². The molecule has 0 spiro atoms. The van der Waals surface area contributed by atoms with Crippen molar-refractivity contribution in [1.82, 2.24) is 25.5 Å². The van der Waals surface area contributed by atoms with Crippen molar-refractivity contribution < 1.29 is 0 Å². The van der Waals surface area contributed by atoms with Crippen LogP contribution >= 0.6 is 0 Å². The van der Waals surface area contributed by atoms with Crippen molar-refractivity contribution in [2.24, 2.45) is 0 Å². The van der Waals surface area contributed by atoms with Crippen LogP contribution in [-0.4, -0.2) is 20.2 Å². The summed E-state index contributed by atoms with van der Waals surface area (Å²) < 4.78 is 1.83. The molecule has 0 bridgehead atoms. The number of benzene rings is 2. The van der Waals surface area contributed by atoms with Crippen molar-refractivity contribution in [2.45, 2.75) is 39.3 Å². The number of nitrogens with zero attached hydrogens (tertiary/aromatic N) is 4. The molecule has 124 valence electrons. The van der Waals surface area contributed by atoms with Gasteiger partial charge in [0.15, 0.2) is 5.82 Å². The highest BCUT2D eigenvalue weighted by atomic mass is 15.6. The van der Waals surface area contributed by atoms with Gasteiger partial charge in [0.2, 0.25) is 0 Å². The van der Waals surface area contributed by atoms with Gasteiger partial charge in [0.25, 0.3) is 0 Å². The Bertz CT molecular complexity index is 796. The van der Waals surface area contributed by atoms with E-state index in [9.17, 15) is 0 Å². The Kier molecular flexibility index (Phi) is 4.71. The Balaban J connectivity index is 1.89. The van der Waals surface area contributed by atoms with Crippen LogP contribution in [0.5, 0.6) is 0 Å². The third-order valence-corrected chi connectivity index (χ3v) is 4.44. The Labute approximate surface area is 142 Å². The molecule has 0 aliphatic heterocycles. The molecular weight excluding hydrogens is 298 g/mol. The van der Waals surface area contributed by atoms with Crippen LogP contribution in [0.3, 0.4) is 0 Å². The molecule has 0 aliphatic rings. The van der Waals surface area contributed by atoms with Gasteiger partial charge in [0, 0.05) is 6.54 Å². The van der Waals surface area contributed by atoms with Crippen molar-refractivity contribution in [3.8, 4) is 5.69 Å². The van der Waals surface area contributed by atoms with E-state index >= 15 is 0 Å². The van der Waals surface area contributed by atoms with Gasteiger partial charge in [0.05, 0.1) is 11.2 Å². The van der Waals surface area contributed by atoms with E-state index in [1.54, 1.807) is 0 Å². The number of nitrogens with one attached hydrogen (secondary N) is 1. The van der Waals surface area contributed by atoms with Gasteiger partial charge in [-0.25, -0.2) is 0 Å². The van der Waals surface area contributed by atoms with Gasteiger partial charge in [-0.15, -0.1) is 5.10 Å². The molecule has 1 atom stereocenters. The average molecular weight is 321 g/mol. The van der Waals surface area contributed by atoms with Crippen LogP contribution in [0, 0.1) is 6.92 Å². The fraction of sp³-hybridized carbons (Fsp3) is 0.316. The Hall–Kier alpha value is -2.53. The number of tetrazole rings is 1. The highest BCUT2D eigenvalue weighted by Crippen LogP contribution is 2.25. The Morgan fingerprint density at radius 2 is 1.88 bits per heavy atom. The summed E-state index contributed by atoms with van der Waals surface area (Å²) in [5.74, 6) is 0.825. The second-order valence-corrected chi connectivity index (χ2v) is 6.28. The molecule has 1 heterocycles. The second kappa shape index (κ2) is 6.93. The summed E-state index contributed by atoms with van der Waals surface area (Å²) in [4.78, 5) is 0. The molecule has 24 heavy (non-hydrogen) atoms. The van der Waals surface area contributed by atoms with Crippen LogP contribution in [-0.2, 0) is 12.1 Å². The Morgan fingerprint density at radius 3 is 2.58 bits per heavy atom. The standard InChI is InChI=1S/C19H23N5/c1-4-19(3,20-14-16-10-6-5-7-11-16)18-21-22-23-24(18)17-12-8-9-15(2)13-17/h5-13,20H,4,14H2,1-3H3/t19-/m0/s1. The van der Waals surface area contributed by atoms with Gasteiger partial charge >= 0.3 is 0 Å². The summed E-state index contributed by atoms with van der Waals surface area (Å²) in [5.41, 5.74) is 3.09. The largest absolute Gasteiger partial charge is 0.301 e. The topological polar surface area (TPSA) is 55.6 Å². The molecular formula is C19H23N5. The molecule has 0 fully saturated rings. The summed E-state index contributed by atoms with van der Waals surface area (Å²) in [6.07, 6.45) is 0.881. The van der Waals surface area contributed by atoms with E-state index in [0.717, 1.165) is 24.5 Å². The predicted octanol–water partition coefficient (Wildman–Crippen LogP) is 3.39. The van der Waals surface area contributed by atoms with Gasteiger partial charge in [-0.2, -0.15) is 4.68 Å². The van der Waals surface area contributed by atoms with Crippen molar-refractivity contribution in [3.63, 3.8) is 0 Å². The van der Waals surface area contributed by atoms with E-state index in [1.165, 1.54) is 11.1 Å². The molecule has 1 N–H and O–H groups in total. The monoisotopic (exact) mass is 321 g/mol. The molecule has 3 rings (SSSR count). The van der Waals surface area contributed by atoms with E-state index in [0.29, 0.717) is 0 Å². The van der Waals surface area contributed by atoms with Crippen molar-refractivity contribution >= 4 is 0 Å². The summed E-state index contributed by atoms with van der Waals surface area (Å²) in [6.45, 7) is 7.13. The number of hydrogen-bond donors (Lipinski definition) is 1. The van der Waals surface area contributed by atoms with E-state index < -0.39 is 0 Å². The summed E-state index contributed by atoms with van der Waals surface area (Å²) in [6, 6.07) is 18.6. The maximum atomic E-state index is 4.32. The molecule has 5 heteroatoms. The summed E-state index contributed by atoms with van der Waals surface area (Å²) in [7, 11) is 0. The smallest absolute Gasteiger partial charge is 0.176 e. The molecule has 0 aliphatic carbocycles. The fourth-order valence-corrected chi connectivity index (χ4v) is 2.72. The molecule has 2 aromatic carbocycles. The number of hydrogen-bond acceptors (Lipinski definition) is 4. The van der Waals surface area contributed by atoms with Crippen molar-refractivity contribution in [3.05, 3.63) is 71.5 Å². The number of aryl methyl sites for hydroxylation is 1. The normalized spacial score (nSPS) is 13.6. The lowest BCUT2D eigenvalue weighted by Crippen LogP contribution is -2.41. The minimum absolute atomic E-state index is 0.316. The second-order valence-electron chi connectivity index (χ2n) is 6.28. The molecule has 0 unspecified atom stereocenters. The van der Waals surface area contributed by atoms with Crippen LogP contribution in [0.4, 0.5) is 0 Å². The Morgan fingerprint density at radius 1 is 1.08 bits per heavy atom. The average Bonchev–Trinajstić information content (AvgIpc) is 3.11. The minimum atomic E-state index is -0.316. The summed E-state index contributed by atoms with van der Waals surface area (Å²) in [5, 5.41) is 16.1. The van der Waals surface area contributed by atoms with Crippen LogP contribution < -0.4 is 5.32 Å². The highest BCUT2D eigenvalue weighted by molar-refractivity contribution is 5.35. The lowest BCUT2D eigenvalue weighted by atomic mass is 9.97. The molecule has 0 radical (unpaired) electrons. The summed E-state index contributed by atoms with van der Waals surface area (Å²) >= 11 is 0. The van der Waals surface area contributed by atoms with Crippen molar-refractivity contribution in [1.29, 1.82) is 0 Å². The fourth-order valence-electron chi connectivity index (χ4n) is 2.72. The maximum Gasteiger partial charge on any atom is 0.176 e. The molecule has 0 saturated carbocycles. The zero-order valence-electron chi connectivity index (χ0n) is 14.4. The van der Waals surface area contributed by atoms with E-state index in [4.69, 9.17) is 0 Å². The zero-order valence-corrected chi connectivity index (χ0v) is 14.4. The minimum Gasteiger partial charge on any atom is -0.301 e. The predicted molar refractivity (Wildman–Crippen MR) is 94.8 cm³/mol. The van der Waals surface area contributed by atoms with Crippen molar-refractivity contribution in [2.75, 3.05) is 0 Å². The maximum absolute atomic E-state index is 4.32. The van der Waals surface area contributed by atoms with E-state index in [2.05, 4.69) is 78.0 Å². The molecule has 1 aromatic heterocycles. The van der Waals surface area contributed by atoms with Gasteiger partial charge in [-0.1, -0.05) is 49.4 Å². The highest BCUT2D eigenvalue weighted by Gasteiger charge is 2.31. The third-order valence-electron chi connectivity index (χ3n) is 4.44. The SMILES string of the molecule is CC[C@](C)(NCc1ccccc1)c1nnnn1-c1cccc(C)c1. The first-order chi connectivity index (χ1) is 11.6. The first kappa shape index (κ1) is 16.3. The van der Waals surface area contributed by atoms with Crippen LogP contribution in [0.25, 0.3) is 5.69 Å². The van der Waals surface area contributed by atoms with Crippen LogP contribution in [0.2, 0.25) is 0 Å². The van der Waals surface area contributed by atoms with E-state index in [-0.39, 0.29) is 5.54 Å². The molecule has 0 amide bonds. The lowest BCUT2D eigenvalue weighted by molar-refractivity contribution is 0.324. The first-order valence-electron chi connectivity index (χ1n) is 8.27. The number of aromatic nitrogens is 4. The first-order valence-corrected chi connectivity index (χ1v) is 8.27. The number of rotatable bonds is 6. The van der Waals surface area contributed by atoms with Crippen LogP contribution in [0.15, 0.2) is 54.6 Å². The van der Waals surface area contributed by atoms with Gasteiger partial charge in [-0.3, -0.25) is 0 Å². The van der Waals surface area contributed by atoms with Gasteiger partial charge in [-0.05, 0) is 54.0 Å². The van der Waals surface area contributed by atoms with Gasteiger partial charge in [0.1, 0.15) is 0 Å².